The Balaban J connectivity index is 2.17. The molecule has 0 radical (unpaired) electrons. The highest BCUT2D eigenvalue weighted by Crippen LogP contribution is 2.26. The Morgan fingerprint density at radius 2 is 1.92 bits per heavy atom. The van der Waals surface area contributed by atoms with Gasteiger partial charge in [-0.3, -0.25) is 9.79 Å². The average molecular weight is 386 g/mol. The van der Waals surface area contributed by atoms with E-state index in [2.05, 4.69) is 10.3 Å². The van der Waals surface area contributed by atoms with Crippen LogP contribution in [-0.4, -0.2) is 56.3 Å². The summed E-state index contributed by atoms with van der Waals surface area (Å²) in [6.45, 7) is 0. The molecule has 0 spiro atoms. The normalized spacial score (nSPS) is 22.4. The van der Waals surface area contributed by atoms with Gasteiger partial charge in [0.05, 0.1) is 5.38 Å². The number of benzene rings is 1. The van der Waals surface area contributed by atoms with Gasteiger partial charge in [-0.25, -0.2) is 9.59 Å². The van der Waals surface area contributed by atoms with Gasteiger partial charge in [0.15, 0.2) is 6.04 Å². The fourth-order valence-corrected chi connectivity index (χ4v) is 3.64. The molecule has 5 N–H and O–H groups in total. The molecule has 134 valence electrons. The monoisotopic (exact) mass is 385 g/mol. The highest BCUT2D eigenvalue weighted by atomic mass is 35.5. The van der Waals surface area contributed by atoms with Crippen molar-refractivity contribution in [1.29, 1.82) is 0 Å². The largest absolute Gasteiger partial charge is 0.480 e. The number of alkyl halides is 1. The number of nitrogens with two attached hydrogens (primary N) is 1. The first-order chi connectivity index (χ1) is 11.8. The number of carboxylic acid groups (broad SMARTS) is 2. The highest BCUT2D eigenvalue weighted by molar-refractivity contribution is 8.00. The molecule has 0 aromatic heterocycles. The average Bonchev–Trinajstić information content (AvgIpc) is 2.59. The first-order valence-corrected chi connectivity index (χ1v) is 8.70. The molecule has 0 saturated heterocycles. The number of hydrogen-bond donors (Lipinski definition) is 4. The molecule has 8 nitrogen and oxygen atoms in total. The molecule has 2 rings (SSSR count). The Labute approximate surface area is 152 Å². The second kappa shape index (κ2) is 8.32. The molecule has 4 atom stereocenters. The number of carbonyl (C=O) groups excluding carboxylic acids is 1. The van der Waals surface area contributed by atoms with Gasteiger partial charge in [-0.15, -0.1) is 23.4 Å². The number of aliphatic imine (C=N–C) groups is 1. The quantitative estimate of drug-likeness (QED) is 0.521. The van der Waals surface area contributed by atoms with Crippen molar-refractivity contribution < 1.29 is 24.6 Å². The zero-order valence-corrected chi connectivity index (χ0v) is 14.4. The molecule has 1 aromatic carbocycles. The molecule has 0 aliphatic carbocycles. The van der Waals surface area contributed by atoms with E-state index in [1.807, 2.05) is 0 Å². The van der Waals surface area contributed by atoms with Crippen LogP contribution in [0.5, 0.6) is 0 Å². The molecule has 0 bridgehead atoms. The molecule has 1 aromatic rings. The van der Waals surface area contributed by atoms with Crippen molar-refractivity contribution in [2.75, 3.05) is 5.75 Å². The summed E-state index contributed by atoms with van der Waals surface area (Å²) < 4.78 is 0. The van der Waals surface area contributed by atoms with Crippen molar-refractivity contribution in [3.8, 4) is 0 Å². The second-order valence-electron chi connectivity index (χ2n) is 5.22. The molecule has 0 unspecified atom stereocenters. The number of hydrogen-bond acceptors (Lipinski definition) is 6. The molecular formula is C15H16ClN3O5S. The Morgan fingerprint density at radius 1 is 1.28 bits per heavy atom. The van der Waals surface area contributed by atoms with Crippen LogP contribution < -0.4 is 11.1 Å². The van der Waals surface area contributed by atoms with Crippen molar-refractivity contribution in [2.24, 2.45) is 10.7 Å². The molecule has 0 fully saturated rings. The van der Waals surface area contributed by atoms with Crippen LogP contribution in [0.25, 0.3) is 0 Å². The van der Waals surface area contributed by atoms with Crippen LogP contribution in [0.4, 0.5) is 0 Å². The van der Waals surface area contributed by atoms with Crippen LogP contribution in [-0.2, 0) is 14.4 Å². The predicted octanol–water partition coefficient (Wildman–Crippen LogP) is 0.462. The number of nitrogens with zero attached hydrogens (tertiary/aromatic N) is 1. The lowest BCUT2D eigenvalue weighted by Gasteiger charge is -2.27. The van der Waals surface area contributed by atoms with Gasteiger partial charge >= 0.3 is 11.9 Å². The van der Waals surface area contributed by atoms with Gasteiger partial charge < -0.3 is 21.3 Å². The number of rotatable bonds is 6. The topological polar surface area (TPSA) is 142 Å². The van der Waals surface area contributed by atoms with Crippen LogP contribution in [0.15, 0.2) is 35.3 Å². The van der Waals surface area contributed by atoms with Crippen molar-refractivity contribution in [3.63, 3.8) is 0 Å². The minimum Gasteiger partial charge on any atom is -0.480 e. The van der Waals surface area contributed by atoms with Crippen LogP contribution >= 0.6 is 23.4 Å². The predicted molar refractivity (Wildman–Crippen MR) is 93.9 cm³/mol. The van der Waals surface area contributed by atoms with E-state index in [1.54, 1.807) is 30.3 Å². The number of carboxylic acids is 2. The Bertz CT molecular complexity index is 700. The van der Waals surface area contributed by atoms with Gasteiger partial charge in [0.25, 0.3) is 0 Å². The van der Waals surface area contributed by atoms with Crippen LogP contribution in [0.1, 0.15) is 11.6 Å². The molecule has 1 aliphatic rings. The molecule has 0 saturated carbocycles. The van der Waals surface area contributed by atoms with Gasteiger partial charge in [-0.1, -0.05) is 30.3 Å². The number of carbonyl (C=O) groups is 3. The van der Waals surface area contributed by atoms with E-state index < -0.39 is 40.7 Å². The zero-order valence-electron chi connectivity index (χ0n) is 12.8. The van der Waals surface area contributed by atoms with E-state index in [4.69, 9.17) is 22.4 Å². The number of nitrogens with one attached hydrogen (secondary N) is 1. The fraction of sp³-hybridized carbons (Fsp3) is 0.333. The number of halogens is 1. The van der Waals surface area contributed by atoms with Crippen molar-refractivity contribution >= 4 is 46.9 Å². The lowest BCUT2D eigenvalue weighted by atomic mass is 10.1. The van der Waals surface area contributed by atoms with E-state index >= 15 is 0 Å². The lowest BCUT2D eigenvalue weighted by molar-refractivity contribution is -0.142. The highest BCUT2D eigenvalue weighted by Gasteiger charge is 2.37. The summed E-state index contributed by atoms with van der Waals surface area (Å²) in [7, 11) is 0. The summed E-state index contributed by atoms with van der Waals surface area (Å²) in [6, 6.07) is 5.99. The van der Waals surface area contributed by atoms with E-state index in [-0.39, 0.29) is 11.5 Å². The molecule has 1 heterocycles. The second-order valence-corrected chi connectivity index (χ2v) is 6.90. The van der Waals surface area contributed by atoms with Gasteiger partial charge in [-0.2, -0.15) is 0 Å². The van der Waals surface area contributed by atoms with E-state index in [9.17, 15) is 19.5 Å². The standard InChI is InChI=1S/C15H16ClN3O5S/c16-8-6-25-13(19-10(8)14(21)22)11(15(23)24)18-12(20)9(17)7-4-2-1-3-5-7/h1-5,8-9,11,13H,6,17H2,(H,18,20)(H,21,22)(H,23,24)/t8-,9-,11+,13-/m1/s1. The van der Waals surface area contributed by atoms with Gasteiger partial charge in [-0.05, 0) is 5.56 Å². The molecule has 1 amide bonds. The molecule has 25 heavy (non-hydrogen) atoms. The number of amides is 1. The fourth-order valence-electron chi connectivity index (χ4n) is 2.19. The SMILES string of the molecule is N[C@@H](C(=O)N[C@H](C(=O)O)[C@@H]1N=C(C(=O)O)[C@H](Cl)CS1)c1ccccc1. The van der Waals surface area contributed by atoms with Crippen LogP contribution in [0.2, 0.25) is 0 Å². The minimum absolute atomic E-state index is 0.168. The third-order valence-electron chi connectivity index (χ3n) is 3.49. The molecule has 10 heteroatoms. The summed E-state index contributed by atoms with van der Waals surface area (Å²) >= 11 is 6.94. The van der Waals surface area contributed by atoms with Gasteiger partial charge in [0.1, 0.15) is 17.1 Å². The van der Waals surface area contributed by atoms with Crippen molar-refractivity contribution in [2.45, 2.75) is 22.8 Å². The Hall–Kier alpha value is -2.10. The van der Waals surface area contributed by atoms with Gasteiger partial charge in [0, 0.05) is 5.75 Å². The Kier molecular flexibility index (Phi) is 6.40. The van der Waals surface area contributed by atoms with Crippen LogP contribution in [0.3, 0.4) is 0 Å². The summed E-state index contributed by atoms with van der Waals surface area (Å²) in [5, 5.41) is 19.0. The Morgan fingerprint density at radius 3 is 2.48 bits per heavy atom. The van der Waals surface area contributed by atoms with Crippen molar-refractivity contribution in [1.82, 2.24) is 5.32 Å². The third kappa shape index (κ3) is 4.71. The minimum atomic E-state index is -1.43. The number of thioether (sulfide) groups is 1. The summed E-state index contributed by atoms with van der Waals surface area (Å²) in [6.07, 6.45) is 0. The van der Waals surface area contributed by atoms with Crippen LogP contribution in [0, 0.1) is 0 Å². The number of aliphatic carboxylic acids is 2. The van der Waals surface area contributed by atoms with Crippen molar-refractivity contribution in [3.05, 3.63) is 35.9 Å². The summed E-state index contributed by atoms with van der Waals surface area (Å²) in [5.74, 6) is -3.18. The van der Waals surface area contributed by atoms with Gasteiger partial charge in [0.2, 0.25) is 5.91 Å². The molecular weight excluding hydrogens is 370 g/mol. The maximum atomic E-state index is 12.3. The maximum Gasteiger partial charge on any atom is 0.351 e. The van der Waals surface area contributed by atoms with E-state index in [0.29, 0.717) is 5.56 Å². The zero-order chi connectivity index (χ0) is 18.6. The first kappa shape index (κ1) is 19.2. The third-order valence-corrected chi connectivity index (χ3v) is 5.27. The van der Waals surface area contributed by atoms with E-state index in [1.165, 1.54) is 0 Å². The molecule has 1 aliphatic heterocycles. The first-order valence-electron chi connectivity index (χ1n) is 7.21. The smallest absolute Gasteiger partial charge is 0.351 e. The van der Waals surface area contributed by atoms with E-state index in [0.717, 1.165) is 11.8 Å². The lowest BCUT2D eigenvalue weighted by Crippen LogP contribution is -2.51. The summed E-state index contributed by atoms with van der Waals surface area (Å²) in [4.78, 5) is 38.8. The maximum absolute atomic E-state index is 12.3. The summed E-state index contributed by atoms with van der Waals surface area (Å²) in [5.41, 5.74) is 6.05.